The summed E-state index contributed by atoms with van der Waals surface area (Å²) in [6.45, 7) is 3.83. The van der Waals surface area contributed by atoms with Gasteiger partial charge in [-0.2, -0.15) is 0 Å². The molecule has 2 rings (SSSR count). The van der Waals surface area contributed by atoms with Crippen LogP contribution < -0.4 is 15.4 Å². The molecular formula is C16H17N2O2. The Morgan fingerprint density at radius 3 is 2.40 bits per heavy atom. The summed E-state index contributed by atoms with van der Waals surface area (Å²) in [5.74, 6) is 0.590. The first-order chi connectivity index (χ1) is 9.67. The number of rotatable bonds is 4. The van der Waals surface area contributed by atoms with Crippen LogP contribution in [0.1, 0.15) is 5.56 Å². The van der Waals surface area contributed by atoms with Crippen molar-refractivity contribution in [1.29, 1.82) is 0 Å². The minimum Gasteiger partial charge on any atom is -0.495 e. The molecule has 103 valence electrons. The standard InChI is InChI=1S/C16H17N2O2/c1-3-12-8-10-13(11-9-12)18(16(17)19)14-6-4-5-7-15(14)20-2/h4-11H,1,3H2,2H3,(H2,17,19). The maximum atomic E-state index is 11.8. The van der Waals surface area contributed by atoms with Gasteiger partial charge in [-0.3, -0.25) is 4.90 Å². The average Bonchev–Trinajstić information content (AvgIpc) is 2.48. The van der Waals surface area contributed by atoms with Gasteiger partial charge in [0.05, 0.1) is 18.5 Å². The SMILES string of the molecule is [CH2]Cc1ccc(N(C(N)=O)c2ccccc2OC)cc1. The molecule has 0 unspecified atom stereocenters. The van der Waals surface area contributed by atoms with Crippen molar-refractivity contribution >= 4 is 17.4 Å². The predicted octanol–water partition coefficient (Wildman–Crippen LogP) is 3.29. The molecule has 0 aliphatic rings. The van der Waals surface area contributed by atoms with Crippen LogP contribution in [0.4, 0.5) is 16.2 Å². The Morgan fingerprint density at radius 2 is 1.85 bits per heavy atom. The normalized spacial score (nSPS) is 10.1. The second-order valence-corrected chi connectivity index (χ2v) is 4.26. The van der Waals surface area contributed by atoms with Gasteiger partial charge in [0.2, 0.25) is 0 Å². The number of benzene rings is 2. The zero-order valence-electron chi connectivity index (χ0n) is 11.4. The third-order valence-corrected chi connectivity index (χ3v) is 3.03. The molecule has 0 aliphatic carbocycles. The van der Waals surface area contributed by atoms with Gasteiger partial charge < -0.3 is 10.5 Å². The first kappa shape index (κ1) is 13.9. The zero-order chi connectivity index (χ0) is 14.5. The quantitative estimate of drug-likeness (QED) is 0.926. The van der Waals surface area contributed by atoms with Crippen LogP contribution in [-0.2, 0) is 6.42 Å². The minimum absolute atomic E-state index is 0.558. The van der Waals surface area contributed by atoms with Crippen LogP contribution in [0.25, 0.3) is 0 Å². The van der Waals surface area contributed by atoms with E-state index >= 15 is 0 Å². The van der Waals surface area contributed by atoms with Gasteiger partial charge in [-0.1, -0.05) is 24.3 Å². The molecule has 0 aromatic heterocycles. The van der Waals surface area contributed by atoms with E-state index in [0.29, 0.717) is 23.5 Å². The number of methoxy groups -OCH3 is 1. The number of primary amides is 1. The van der Waals surface area contributed by atoms with E-state index in [4.69, 9.17) is 10.5 Å². The number of hydrogen-bond acceptors (Lipinski definition) is 2. The van der Waals surface area contributed by atoms with Crippen LogP contribution in [0, 0.1) is 6.92 Å². The van der Waals surface area contributed by atoms with Gasteiger partial charge in [0.1, 0.15) is 5.75 Å². The van der Waals surface area contributed by atoms with Crippen LogP contribution in [0.3, 0.4) is 0 Å². The monoisotopic (exact) mass is 269 g/mol. The molecule has 2 amide bonds. The molecule has 1 radical (unpaired) electrons. The van der Waals surface area contributed by atoms with E-state index in [9.17, 15) is 4.79 Å². The Hall–Kier alpha value is -2.49. The van der Waals surface area contributed by atoms with Gasteiger partial charge in [-0.25, -0.2) is 4.79 Å². The van der Waals surface area contributed by atoms with Crippen molar-refractivity contribution in [3.05, 3.63) is 61.0 Å². The number of para-hydroxylation sites is 2. The van der Waals surface area contributed by atoms with Crippen LogP contribution in [0.5, 0.6) is 5.75 Å². The number of nitrogens with zero attached hydrogens (tertiary/aromatic N) is 1. The molecule has 0 aliphatic heterocycles. The van der Waals surface area contributed by atoms with E-state index in [1.165, 1.54) is 4.90 Å². The lowest BCUT2D eigenvalue weighted by Crippen LogP contribution is -2.31. The summed E-state index contributed by atoms with van der Waals surface area (Å²) in [6.07, 6.45) is 0.700. The summed E-state index contributed by atoms with van der Waals surface area (Å²) in [6, 6.07) is 14.2. The molecule has 2 aromatic carbocycles. The van der Waals surface area contributed by atoms with Gasteiger partial charge in [-0.05, 0) is 43.2 Å². The lowest BCUT2D eigenvalue weighted by Gasteiger charge is -2.22. The summed E-state index contributed by atoms with van der Waals surface area (Å²) >= 11 is 0. The highest BCUT2D eigenvalue weighted by molar-refractivity contribution is 5.99. The molecule has 0 bridgehead atoms. The Bertz CT molecular complexity index is 594. The molecule has 0 saturated heterocycles. The van der Waals surface area contributed by atoms with Crippen molar-refractivity contribution in [1.82, 2.24) is 0 Å². The van der Waals surface area contributed by atoms with E-state index in [1.54, 1.807) is 19.2 Å². The first-order valence-electron chi connectivity index (χ1n) is 6.28. The van der Waals surface area contributed by atoms with Gasteiger partial charge in [0.25, 0.3) is 0 Å². The third-order valence-electron chi connectivity index (χ3n) is 3.03. The fourth-order valence-electron chi connectivity index (χ4n) is 2.01. The average molecular weight is 269 g/mol. The van der Waals surface area contributed by atoms with Gasteiger partial charge in [0.15, 0.2) is 0 Å². The Balaban J connectivity index is 2.47. The summed E-state index contributed by atoms with van der Waals surface area (Å²) in [4.78, 5) is 13.2. The maximum absolute atomic E-state index is 11.8. The second kappa shape index (κ2) is 6.10. The van der Waals surface area contributed by atoms with Crippen molar-refractivity contribution in [3.63, 3.8) is 0 Å². The largest absolute Gasteiger partial charge is 0.495 e. The number of nitrogens with two attached hydrogens (primary N) is 1. The van der Waals surface area contributed by atoms with E-state index in [-0.39, 0.29) is 0 Å². The molecule has 4 heteroatoms. The van der Waals surface area contributed by atoms with Crippen molar-refractivity contribution in [3.8, 4) is 5.75 Å². The van der Waals surface area contributed by atoms with Crippen molar-refractivity contribution in [2.75, 3.05) is 12.0 Å². The highest BCUT2D eigenvalue weighted by Gasteiger charge is 2.18. The summed E-state index contributed by atoms with van der Waals surface area (Å²) in [5, 5.41) is 0. The van der Waals surface area contributed by atoms with Crippen LogP contribution >= 0.6 is 0 Å². The van der Waals surface area contributed by atoms with Crippen molar-refractivity contribution in [2.45, 2.75) is 6.42 Å². The number of hydrogen-bond donors (Lipinski definition) is 1. The zero-order valence-corrected chi connectivity index (χ0v) is 11.4. The van der Waals surface area contributed by atoms with E-state index < -0.39 is 6.03 Å². The third kappa shape index (κ3) is 2.74. The molecule has 0 saturated carbocycles. The Kier molecular flexibility index (Phi) is 4.25. The van der Waals surface area contributed by atoms with Gasteiger partial charge in [0, 0.05) is 0 Å². The van der Waals surface area contributed by atoms with Crippen LogP contribution in [0.15, 0.2) is 48.5 Å². The number of ether oxygens (including phenoxy) is 1. The first-order valence-corrected chi connectivity index (χ1v) is 6.28. The molecular weight excluding hydrogens is 252 g/mol. The fourth-order valence-corrected chi connectivity index (χ4v) is 2.01. The predicted molar refractivity (Wildman–Crippen MR) is 80.2 cm³/mol. The molecule has 2 aromatic rings. The molecule has 0 fully saturated rings. The number of amides is 2. The minimum atomic E-state index is -0.558. The summed E-state index contributed by atoms with van der Waals surface area (Å²) in [5.41, 5.74) is 7.92. The number of carbonyl (C=O) groups is 1. The molecule has 0 atom stereocenters. The lowest BCUT2D eigenvalue weighted by molar-refractivity contribution is 0.256. The fraction of sp³-hybridized carbons (Fsp3) is 0.125. The Labute approximate surface area is 118 Å². The van der Waals surface area contributed by atoms with Crippen LogP contribution in [-0.4, -0.2) is 13.1 Å². The van der Waals surface area contributed by atoms with Crippen molar-refractivity contribution in [2.24, 2.45) is 5.73 Å². The highest BCUT2D eigenvalue weighted by Crippen LogP contribution is 2.33. The summed E-state index contributed by atoms with van der Waals surface area (Å²) in [7, 11) is 1.56. The lowest BCUT2D eigenvalue weighted by atomic mass is 10.1. The van der Waals surface area contributed by atoms with Gasteiger partial charge in [-0.15, -0.1) is 0 Å². The highest BCUT2D eigenvalue weighted by atomic mass is 16.5. The summed E-state index contributed by atoms with van der Waals surface area (Å²) < 4.78 is 5.28. The topological polar surface area (TPSA) is 55.6 Å². The number of carbonyl (C=O) groups excluding carboxylic acids is 1. The number of anilines is 2. The number of urea groups is 1. The maximum Gasteiger partial charge on any atom is 0.324 e. The van der Waals surface area contributed by atoms with Crippen LogP contribution in [0.2, 0.25) is 0 Å². The molecule has 20 heavy (non-hydrogen) atoms. The van der Waals surface area contributed by atoms with Crippen molar-refractivity contribution < 1.29 is 9.53 Å². The van der Waals surface area contributed by atoms with E-state index in [2.05, 4.69) is 6.92 Å². The molecule has 4 nitrogen and oxygen atoms in total. The molecule has 0 spiro atoms. The Morgan fingerprint density at radius 1 is 1.20 bits per heavy atom. The van der Waals surface area contributed by atoms with E-state index in [0.717, 1.165) is 5.56 Å². The van der Waals surface area contributed by atoms with E-state index in [1.807, 2.05) is 36.4 Å². The smallest absolute Gasteiger partial charge is 0.324 e. The second-order valence-electron chi connectivity index (χ2n) is 4.26. The molecule has 0 heterocycles. The molecule has 2 N–H and O–H groups in total. The van der Waals surface area contributed by atoms with Gasteiger partial charge >= 0.3 is 6.03 Å².